The molecule has 2 aromatic rings. The predicted octanol–water partition coefficient (Wildman–Crippen LogP) is 1.90. The number of ether oxygens (including phenoxy) is 2. The number of piperidine rings is 1. The van der Waals surface area contributed by atoms with E-state index in [2.05, 4.69) is 32.3 Å². The van der Waals surface area contributed by atoms with Crippen molar-refractivity contribution >= 4 is 17.7 Å². The largest absolute Gasteiger partial charge is 0.479 e. The highest BCUT2D eigenvalue weighted by Gasteiger charge is 2.40. The number of carboxylic acid groups (broad SMARTS) is 1. The number of hydrogen-bond donors (Lipinski definition) is 2. The Kier molecular flexibility index (Phi) is 6.86. The normalized spacial score (nSPS) is 24.1. The number of morpholine rings is 1. The molecule has 0 radical (unpaired) electrons. The maximum atomic E-state index is 11.6. The highest BCUT2D eigenvalue weighted by atomic mass is 16.5. The van der Waals surface area contributed by atoms with Crippen LogP contribution in [0, 0.1) is 0 Å². The van der Waals surface area contributed by atoms with Gasteiger partial charge in [0.2, 0.25) is 11.8 Å². The van der Waals surface area contributed by atoms with Gasteiger partial charge in [0.25, 0.3) is 0 Å². The molecule has 32 heavy (non-hydrogen) atoms. The maximum absolute atomic E-state index is 11.6. The fraction of sp³-hybridized carbons (Fsp3) is 0.524. The molecule has 0 bridgehead atoms. The summed E-state index contributed by atoms with van der Waals surface area (Å²) in [5.41, 5.74) is 4.17. The number of hydrogen-bond acceptors (Lipinski definition) is 9. The van der Waals surface area contributed by atoms with Gasteiger partial charge in [-0.25, -0.2) is 24.8 Å². The number of aromatic nitrogens is 3. The number of nitrogens with zero attached hydrogens (tertiary/aromatic N) is 6. The molecular formula is C21H29N7O4. The lowest BCUT2D eigenvalue weighted by Crippen LogP contribution is -2.63. The van der Waals surface area contributed by atoms with Crippen LogP contribution in [-0.2, 0) is 4.74 Å². The monoisotopic (exact) mass is 443 g/mol. The summed E-state index contributed by atoms with van der Waals surface area (Å²) in [6, 6.07) is 5.33. The first-order chi connectivity index (χ1) is 15.6. The Balaban J connectivity index is 1.59. The Morgan fingerprint density at radius 3 is 2.78 bits per heavy atom. The Labute approximate surface area is 186 Å². The van der Waals surface area contributed by atoms with Gasteiger partial charge in [-0.1, -0.05) is 0 Å². The molecule has 2 aromatic heterocycles. The van der Waals surface area contributed by atoms with Gasteiger partial charge < -0.3 is 29.8 Å². The van der Waals surface area contributed by atoms with E-state index in [0.29, 0.717) is 38.1 Å². The molecule has 172 valence electrons. The lowest BCUT2D eigenvalue weighted by Gasteiger charge is -2.48. The Hall–Kier alpha value is -3.18. The van der Waals surface area contributed by atoms with Crippen molar-refractivity contribution in [3.05, 3.63) is 36.8 Å². The zero-order chi connectivity index (χ0) is 22.5. The standard InChI is InChI=1S/C21H29N7O4/c1-15-19(32-13-12-27(15)25-17-7-3-8-22-18(17)31-2)28(20-23-9-5-10-24-20)16-6-4-11-26(14-16)21(29)30/h3,5,7-10,15-16,19,25H,4,6,11-14H2,1-2H3,(H,29,30). The molecule has 2 saturated heterocycles. The first-order valence-corrected chi connectivity index (χ1v) is 10.8. The second-order valence-corrected chi connectivity index (χ2v) is 7.85. The van der Waals surface area contributed by atoms with Crippen molar-refractivity contribution < 1.29 is 19.4 Å². The summed E-state index contributed by atoms with van der Waals surface area (Å²) in [6.07, 6.45) is 5.39. The van der Waals surface area contributed by atoms with Gasteiger partial charge in [0.1, 0.15) is 11.9 Å². The van der Waals surface area contributed by atoms with E-state index in [1.807, 2.05) is 17.0 Å². The van der Waals surface area contributed by atoms with Gasteiger partial charge in [-0.2, -0.15) is 0 Å². The van der Waals surface area contributed by atoms with E-state index in [1.54, 1.807) is 31.8 Å². The fourth-order valence-electron chi connectivity index (χ4n) is 4.30. The van der Waals surface area contributed by atoms with Gasteiger partial charge in [-0.15, -0.1) is 0 Å². The molecule has 4 heterocycles. The maximum Gasteiger partial charge on any atom is 0.407 e. The number of amides is 1. The van der Waals surface area contributed by atoms with Gasteiger partial charge in [0.05, 0.1) is 25.8 Å². The van der Waals surface area contributed by atoms with Crippen molar-refractivity contribution in [2.75, 3.05) is 43.7 Å². The molecule has 0 aromatic carbocycles. The van der Waals surface area contributed by atoms with Crippen LogP contribution in [-0.4, -0.2) is 87.7 Å². The van der Waals surface area contributed by atoms with E-state index in [-0.39, 0.29) is 18.3 Å². The van der Waals surface area contributed by atoms with Crippen LogP contribution in [0.15, 0.2) is 36.8 Å². The van der Waals surface area contributed by atoms with Gasteiger partial charge in [-0.05, 0) is 38.0 Å². The SMILES string of the molecule is COc1ncccc1NN1CCOC(N(c2ncccn2)C2CCCN(C(=O)O)C2)C1C. The van der Waals surface area contributed by atoms with Crippen molar-refractivity contribution in [2.45, 2.75) is 38.1 Å². The summed E-state index contributed by atoms with van der Waals surface area (Å²) in [6.45, 7) is 4.12. The molecule has 2 N–H and O–H groups in total. The number of rotatable bonds is 6. The van der Waals surface area contributed by atoms with Crippen molar-refractivity contribution in [3.63, 3.8) is 0 Å². The van der Waals surface area contributed by atoms with Crippen LogP contribution >= 0.6 is 0 Å². The number of pyridine rings is 1. The van der Waals surface area contributed by atoms with E-state index in [4.69, 9.17) is 9.47 Å². The van der Waals surface area contributed by atoms with Gasteiger partial charge in [-0.3, -0.25) is 0 Å². The molecule has 3 unspecified atom stereocenters. The molecular weight excluding hydrogens is 414 g/mol. The highest BCUT2D eigenvalue weighted by Crippen LogP contribution is 2.29. The van der Waals surface area contributed by atoms with E-state index in [0.717, 1.165) is 18.5 Å². The predicted molar refractivity (Wildman–Crippen MR) is 117 cm³/mol. The second kappa shape index (κ2) is 9.96. The molecule has 2 aliphatic rings. The number of hydrazine groups is 1. The van der Waals surface area contributed by atoms with Crippen molar-refractivity contribution in [2.24, 2.45) is 0 Å². The smallest absolute Gasteiger partial charge is 0.407 e. The van der Waals surface area contributed by atoms with Crippen LogP contribution < -0.4 is 15.1 Å². The number of anilines is 2. The van der Waals surface area contributed by atoms with Crippen molar-refractivity contribution in [1.82, 2.24) is 24.9 Å². The molecule has 0 spiro atoms. The first-order valence-electron chi connectivity index (χ1n) is 10.8. The average Bonchev–Trinajstić information content (AvgIpc) is 2.83. The Bertz CT molecular complexity index is 903. The third kappa shape index (κ3) is 4.68. The topological polar surface area (TPSA) is 116 Å². The molecule has 3 atom stereocenters. The molecule has 0 aliphatic carbocycles. The third-order valence-corrected chi connectivity index (χ3v) is 5.87. The summed E-state index contributed by atoms with van der Waals surface area (Å²) in [5.74, 6) is 1.04. The summed E-state index contributed by atoms with van der Waals surface area (Å²) in [5, 5.41) is 11.6. The molecule has 4 rings (SSSR count). The second-order valence-electron chi connectivity index (χ2n) is 7.85. The minimum absolute atomic E-state index is 0.0948. The zero-order valence-corrected chi connectivity index (χ0v) is 18.3. The number of carbonyl (C=O) groups is 1. The van der Waals surface area contributed by atoms with Gasteiger partial charge in [0, 0.05) is 38.2 Å². The lowest BCUT2D eigenvalue weighted by atomic mass is 10.0. The first kappa shape index (κ1) is 22.0. The summed E-state index contributed by atoms with van der Waals surface area (Å²) >= 11 is 0. The van der Waals surface area contributed by atoms with Crippen molar-refractivity contribution in [1.29, 1.82) is 0 Å². The van der Waals surface area contributed by atoms with Crippen LogP contribution in [0.3, 0.4) is 0 Å². The van der Waals surface area contributed by atoms with Crippen LogP contribution in [0.2, 0.25) is 0 Å². The van der Waals surface area contributed by atoms with E-state index in [1.165, 1.54) is 4.90 Å². The van der Waals surface area contributed by atoms with E-state index >= 15 is 0 Å². The van der Waals surface area contributed by atoms with Crippen LogP contribution in [0.25, 0.3) is 0 Å². The number of nitrogens with one attached hydrogen (secondary N) is 1. The third-order valence-electron chi connectivity index (χ3n) is 5.87. The quantitative estimate of drug-likeness (QED) is 0.686. The molecule has 1 amide bonds. The molecule has 0 saturated carbocycles. The van der Waals surface area contributed by atoms with Gasteiger partial charge >= 0.3 is 6.09 Å². The Morgan fingerprint density at radius 2 is 2.03 bits per heavy atom. The van der Waals surface area contributed by atoms with E-state index < -0.39 is 6.09 Å². The van der Waals surface area contributed by atoms with E-state index in [9.17, 15) is 9.90 Å². The summed E-state index contributed by atoms with van der Waals surface area (Å²) in [7, 11) is 1.59. The zero-order valence-electron chi connectivity index (χ0n) is 18.3. The molecule has 2 fully saturated rings. The average molecular weight is 444 g/mol. The minimum atomic E-state index is -0.909. The summed E-state index contributed by atoms with van der Waals surface area (Å²) < 4.78 is 11.6. The lowest BCUT2D eigenvalue weighted by molar-refractivity contribution is -0.0626. The highest BCUT2D eigenvalue weighted by molar-refractivity contribution is 5.65. The van der Waals surface area contributed by atoms with Crippen LogP contribution in [0.5, 0.6) is 5.88 Å². The van der Waals surface area contributed by atoms with Crippen molar-refractivity contribution in [3.8, 4) is 5.88 Å². The van der Waals surface area contributed by atoms with Crippen LogP contribution in [0.1, 0.15) is 19.8 Å². The van der Waals surface area contributed by atoms with Crippen LogP contribution in [0.4, 0.5) is 16.4 Å². The summed E-state index contributed by atoms with van der Waals surface area (Å²) in [4.78, 5) is 28.3. The molecule has 11 heteroatoms. The van der Waals surface area contributed by atoms with Gasteiger partial charge in [0.15, 0.2) is 0 Å². The number of likely N-dealkylation sites (tertiary alicyclic amines) is 1. The fourth-order valence-corrected chi connectivity index (χ4v) is 4.30. The molecule has 2 aliphatic heterocycles. The molecule has 11 nitrogen and oxygen atoms in total. The minimum Gasteiger partial charge on any atom is -0.479 e. The Morgan fingerprint density at radius 1 is 1.25 bits per heavy atom. The number of methoxy groups -OCH3 is 1.